The van der Waals surface area contributed by atoms with Crippen LogP contribution in [0.5, 0.6) is 0 Å². The molecule has 6 heteroatoms. The molecule has 1 aliphatic rings. The van der Waals surface area contributed by atoms with Crippen molar-refractivity contribution < 1.29 is 13.2 Å². The summed E-state index contributed by atoms with van der Waals surface area (Å²) in [5.41, 5.74) is -0.0680. The predicted octanol–water partition coefficient (Wildman–Crippen LogP) is 2.80. The topological polar surface area (TPSA) is 24.4 Å². The van der Waals surface area contributed by atoms with Crippen LogP contribution < -0.4 is 5.32 Å². The SMILES string of the molecule is CC(CC(F)(F)F)N=C1NC(C)(C)CS1. The Labute approximate surface area is 91.7 Å². The van der Waals surface area contributed by atoms with Gasteiger partial charge in [-0.15, -0.1) is 0 Å². The first kappa shape index (κ1) is 12.7. The summed E-state index contributed by atoms with van der Waals surface area (Å²) in [7, 11) is 0. The summed E-state index contributed by atoms with van der Waals surface area (Å²) >= 11 is 1.48. The van der Waals surface area contributed by atoms with Gasteiger partial charge in [0.2, 0.25) is 0 Å². The molecule has 0 bridgehead atoms. The van der Waals surface area contributed by atoms with Crippen molar-refractivity contribution in [1.29, 1.82) is 0 Å². The molecule has 0 aromatic heterocycles. The van der Waals surface area contributed by atoms with E-state index >= 15 is 0 Å². The quantitative estimate of drug-likeness (QED) is 0.802. The highest BCUT2D eigenvalue weighted by atomic mass is 32.2. The average Bonchev–Trinajstić information content (AvgIpc) is 2.25. The number of nitrogens with one attached hydrogen (secondary N) is 1. The number of hydrogen-bond acceptors (Lipinski definition) is 2. The van der Waals surface area contributed by atoms with Crippen LogP contribution in [0.2, 0.25) is 0 Å². The van der Waals surface area contributed by atoms with Gasteiger partial charge >= 0.3 is 6.18 Å². The third-order valence-electron chi connectivity index (χ3n) is 1.88. The molecule has 1 saturated heterocycles. The number of thioether (sulfide) groups is 1. The second-order valence-corrected chi connectivity index (χ2v) is 5.36. The lowest BCUT2D eigenvalue weighted by molar-refractivity contribution is -0.137. The van der Waals surface area contributed by atoms with Crippen LogP contribution in [0.15, 0.2) is 4.99 Å². The number of hydrogen-bond donors (Lipinski definition) is 1. The van der Waals surface area contributed by atoms with Crippen LogP contribution in [-0.4, -0.2) is 28.7 Å². The fourth-order valence-electron chi connectivity index (χ4n) is 1.26. The Hall–Kier alpha value is -0.390. The monoisotopic (exact) mass is 240 g/mol. The van der Waals surface area contributed by atoms with Crippen LogP contribution in [0.25, 0.3) is 0 Å². The minimum atomic E-state index is -4.14. The molecule has 1 unspecified atom stereocenters. The van der Waals surface area contributed by atoms with E-state index in [0.717, 1.165) is 5.75 Å². The van der Waals surface area contributed by atoms with Gasteiger partial charge in [0.1, 0.15) is 0 Å². The van der Waals surface area contributed by atoms with Gasteiger partial charge in [-0.1, -0.05) is 11.8 Å². The molecule has 15 heavy (non-hydrogen) atoms. The summed E-state index contributed by atoms with van der Waals surface area (Å²) in [6.07, 6.45) is -5.00. The van der Waals surface area contributed by atoms with E-state index in [4.69, 9.17) is 0 Å². The molecule has 1 rings (SSSR count). The number of alkyl halides is 3. The maximum Gasteiger partial charge on any atom is 0.391 e. The summed E-state index contributed by atoms with van der Waals surface area (Å²) in [6, 6.07) is -0.714. The van der Waals surface area contributed by atoms with Gasteiger partial charge in [0, 0.05) is 11.3 Å². The van der Waals surface area contributed by atoms with Crippen molar-refractivity contribution in [1.82, 2.24) is 5.32 Å². The van der Waals surface area contributed by atoms with Gasteiger partial charge in [-0.3, -0.25) is 4.99 Å². The third kappa shape index (κ3) is 4.77. The molecule has 0 aromatic rings. The van der Waals surface area contributed by atoms with Crippen LogP contribution in [0.1, 0.15) is 27.2 Å². The number of nitrogens with zero attached hydrogens (tertiary/aromatic N) is 1. The molecule has 0 saturated carbocycles. The normalized spacial score (nSPS) is 25.3. The van der Waals surface area contributed by atoms with Crippen molar-refractivity contribution in [3.05, 3.63) is 0 Å². The second-order valence-electron chi connectivity index (χ2n) is 4.40. The van der Waals surface area contributed by atoms with Gasteiger partial charge < -0.3 is 5.32 Å². The zero-order valence-corrected chi connectivity index (χ0v) is 9.80. The Morgan fingerprint density at radius 1 is 1.53 bits per heavy atom. The van der Waals surface area contributed by atoms with Crippen molar-refractivity contribution in [3.8, 4) is 0 Å². The van der Waals surface area contributed by atoms with E-state index in [2.05, 4.69) is 10.3 Å². The molecule has 1 atom stereocenters. The molecular weight excluding hydrogens is 225 g/mol. The summed E-state index contributed by atoms with van der Waals surface area (Å²) in [6.45, 7) is 5.47. The van der Waals surface area contributed by atoms with E-state index in [9.17, 15) is 13.2 Å². The zero-order chi connectivity index (χ0) is 11.7. The van der Waals surface area contributed by atoms with E-state index in [0.29, 0.717) is 5.17 Å². The maximum atomic E-state index is 12.0. The van der Waals surface area contributed by atoms with Crippen molar-refractivity contribution in [2.75, 3.05) is 5.75 Å². The predicted molar refractivity (Wildman–Crippen MR) is 57.2 cm³/mol. The number of aliphatic imine (C=N–C) groups is 1. The summed E-state index contributed by atoms with van der Waals surface area (Å²) in [5, 5.41) is 3.71. The molecule has 1 N–H and O–H groups in total. The molecule has 1 heterocycles. The van der Waals surface area contributed by atoms with E-state index in [1.165, 1.54) is 18.7 Å². The van der Waals surface area contributed by atoms with E-state index in [-0.39, 0.29) is 5.54 Å². The van der Waals surface area contributed by atoms with Gasteiger partial charge in [-0.2, -0.15) is 13.2 Å². The molecular formula is C9H15F3N2S. The molecule has 88 valence electrons. The average molecular weight is 240 g/mol. The smallest absolute Gasteiger partial charge is 0.359 e. The van der Waals surface area contributed by atoms with E-state index in [1.54, 1.807) is 0 Å². The highest BCUT2D eigenvalue weighted by molar-refractivity contribution is 8.14. The third-order valence-corrected chi connectivity index (χ3v) is 3.23. The van der Waals surface area contributed by atoms with Gasteiger partial charge in [0.25, 0.3) is 0 Å². The van der Waals surface area contributed by atoms with Crippen molar-refractivity contribution in [2.24, 2.45) is 4.99 Å². The Bertz CT molecular complexity index is 261. The number of amidine groups is 1. The van der Waals surface area contributed by atoms with Crippen molar-refractivity contribution >= 4 is 16.9 Å². The van der Waals surface area contributed by atoms with Gasteiger partial charge in [0.05, 0.1) is 12.5 Å². The highest BCUT2D eigenvalue weighted by Gasteiger charge is 2.32. The van der Waals surface area contributed by atoms with E-state index < -0.39 is 18.6 Å². The van der Waals surface area contributed by atoms with Crippen LogP contribution in [0, 0.1) is 0 Å². The molecule has 0 amide bonds. The molecule has 0 aliphatic carbocycles. The first-order valence-corrected chi connectivity index (χ1v) is 5.72. The summed E-state index contributed by atoms with van der Waals surface area (Å²) in [4.78, 5) is 4.01. The molecule has 1 fully saturated rings. The largest absolute Gasteiger partial charge is 0.391 e. The second kappa shape index (κ2) is 4.23. The fourth-order valence-corrected chi connectivity index (χ4v) is 2.43. The van der Waals surface area contributed by atoms with Crippen LogP contribution in [0.3, 0.4) is 0 Å². The summed E-state index contributed by atoms with van der Waals surface area (Å²) in [5.74, 6) is 0.838. The summed E-state index contributed by atoms with van der Waals surface area (Å²) < 4.78 is 36.1. The molecule has 2 nitrogen and oxygen atoms in total. The lowest BCUT2D eigenvalue weighted by atomic mass is 10.1. The van der Waals surface area contributed by atoms with Gasteiger partial charge in [0.15, 0.2) is 5.17 Å². The Balaban J connectivity index is 2.51. The van der Waals surface area contributed by atoms with Gasteiger partial charge in [-0.05, 0) is 20.8 Å². The first-order chi connectivity index (χ1) is 6.68. The molecule has 0 spiro atoms. The lowest BCUT2D eigenvalue weighted by Gasteiger charge is -2.16. The Kier molecular flexibility index (Phi) is 3.58. The number of halogens is 3. The molecule has 1 aliphatic heterocycles. The zero-order valence-electron chi connectivity index (χ0n) is 8.98. The highest BCUT2D eigenvalue weighted by Crippen LogP contribution is 2.26. The molecule has 0 aromatic carbocycles. The van der Waals surface area contributed by atoms with Crippen LogP contribution >= 0.6 is 11.8 Å². The maximum absolute atomic E-state index is 12.0. The Morgan fingerprint density at radius 3 is 2.53 bits per heavy atom. The lowest BCUT2D eigenvalue weighted by Crippen LogP contribution is -2.37. The van der Waals surface area contributed by atoms with Crippen LogP contribution in [0.4, 0.5) is 13.2 Å². The Morgan fingerprint density at radius 2 is 2.13 bits per heavy atom. The van der Waals surface area contributed by atoms with Gasteiger partial charge in [-0.25, -0.2) is 0 Å². The molecule has 0 radical (unpaired) electrons. The van der Waals surface area contributed by atoms with Crippen LogP contribution in [-0.2, 0) is 0 Å². The first-order valence-electron chi connectivity index (χ1n) is 4.73. The standard InChI is InChI=1S/C9H15F3N2S/c1-6(4-9(10,11)12)13-7-14-8(2,3)5-15-7/h6H,4-5H2,1-3H3,(H,13,14). The fraction of sp³-hybridized carbons (Fsp3) is 0.889. The van der Waals surface area contributed by atoms with Crippen molar-refractivity contribution in [3.63, 3.8) is 0 Å². The minimum absolute atomic E-state index is 0.0680. The number of rotatable bonds is 2. The van der Waals surface area contributed by atoms with Crippen molar-refractivity contribution in [2.45, 2.75) is 44.9 Å². The minimum Gasteiger partial charge on any atom is -0.359 e. The van der Waals surface area contributed by atoms with E-state index in [1.807, 2.05) is 13.8 Å².